The van der Waals surface area contributed by atoms with Gasteiger partial charge in [0.05, 0.1) is 30.0 Å². The third kappa shape index (κ3) is 5.10. The van der Waals surface area contributed by atoms with Gasteiger partial charge in [0.25, 0.3) is 17.6 Å². The lowest BCUT2D eigenvalue weighted by molar-refractivity contribution is -0.196. The molecular formula is C28H29N5O4S. The smallest absolute Gasteiger partial charge is 0.282 e. The van der Waals surface area contributed by atoms with Crippen LogP contribution in [0.15, 0.2) is 72.6 Å². The van der Waals surface area contributed by atoms with Crippen LogP contribution in [-0.2, 0) is 20.7 Å². The molecule has 1 fully saturated rings. The Morgan fingerprint density at radius 1 is 1.21 bits per heavy atom. The Kier molecular flexibility index (Phi) is 7.37. The molecule has 2 amide bonds. The van der Waals surface area contributed by atoms with Gasteiger partial charge in [0.1, 0.15) is 6.33 Å². The quantitative estimate of drug-likeness (QED) is 0.360. The van der Waals surface area contributed by atoms with E-state index >= 15 is 0 Å². The van der Waals surface area contributed by atoms with E-state index in [9.17, 15) is 9.59 Å². The Morgan fingerprint density at radius 2 is 2.03 bits per heavy atom. The molecule has 38 heavy (non-hydrogen) atoms. The minimum absolute atomic E-state index is 0.235. The van der Waals surface area contributed by atoms with Gasteiger partial charge >= 0.3 is 0 Å². The Labute approximate surface area is 224 Å². The number of nitrogens with one attached hydrogen (secondary N) is 2. The van der Waals surface area contributed by atoms with Gasteiger partial charge in [-0.1, -0.05) is 36.4 Å². The summed E-state index contributed by atoms with van der Waals surface area (Å²) < 4.78 is 13.8. The van der Waals surface area contributed by atoms with Crippen molar-refractivity contribution in [1.29, 1.82) is 0 Å². The Balaban J connectivity index is 1.50. The van der Waals surface area contributed by atoms with Crippen molar-refractivity contribution in [1.82, 2.24) is 25.2 Å². The predicted molar refractivity (Wildman–Crippen MR) is 144 cm³/mol. The van der Waals surface area contributed by atoms with Crippen LogP contribution in [0, 0.1) is 6.92 Å². The molecule has 4 aromatic rings. The van der Waals surface area contributed by atoms with Gasteiger partial charge in [-0.25, -0.2) is 9.97 Å². The molecule has 3 atom stereocenters. The third-order valence-corrected chi connectivity index (χ3v) is 7.25. The number of nitrogens with zero attached hydrogens (tertiary/aromatic N) is 3. The van der Waals surface area contributed by atoms with E-state index in [1.807, 2.05) is 67.9 Å². The van der Waals surface area contributed by atoms with Crippen molar-refractivity contribution in [3.8, 4) is 17.1 Å². The highest BCUT2D eigenvalue weighted by Gasteiger charge is 2.54. The van der Waals surface area contributed by atoms with Crippen LogP contribution in [0.25, 0.3) is 17.1 Å². The Bertz CT molecular complexity index is 1420. The largest absolute Gasteiger partial charge is 0.354 e. The fourth-order valence-corrected chi connectivity index (χ4v) is 5.27. The van der Waals surface area contributed by atoms with E-state index in [0.717, 1.165) is 21.7 Å². The number of hydrogen-bond acceptors (Lipinski definition) is 7. The molecule has 5 rings (SSSR count). The fourth-order valence-electron chi connectivity index (χ4n) is 4.52. The van der Waals surface area contributed by atoms with Crippen molar-refractivity contribution in [2.45, 2.75) is 38.2 Å². The molecule has 1 aliphatic heterocycles. The molecule has 10 heteroatoms. The van der Waals surface area contributed by atoms with Gasteiger partial charge in [-0.2, -0.15) is 0 Å². The summed E-state index contributed by atoms with van der Waals surface area (Å²) in [5.74, 6) is -2.09. The van der Waals surface area contributed by atoms with Crippen LogP contribution in [-0.4, -0.2) is 57.9 Å². The summed E-state index contributed by atoms with van der Waals surface area (Å²) in [6.45, 7) is 3.94. The number of aryl methyl sites for hydroxylation is 1. The van der Waals surface area contributed by atoms with E-state index < -0.39 is 23.6 Å². The number of thiophene rings is 1. The molecule has 3 unspecified atom stereocenters. The molecule has 3 aromatic heterocycles. The zero-order chi connectivity index (χ0) is 26.7. The van der Waals surface area contributed by atoms with E-state index in [1.165, 1.54) is 18.4 Å². The number of aromatic nitrogens is 3. The van der Waals surface area contributed by atoms with Crippen LogP contribution in [0.2, 0.25) is 0 Å². The number of carbonyl (C=O) groups is 2. The van der Waals surface area contributed by atoms with Gasteiger partial charge < -0.3 is 20.1 Å². The average molecular weight is 532 g/mol. The lowest BCUT2D eigenvalue weighted by Crippen LogP contribution is -2.62. The molecule has 1 aliphatic rings. The normalized spacial score (nSPS) is 19.7. The number of amides is 2. The highest BCUT2D eigenvalue weighted by atomic mass is 32.1. The maximum Gasteiger partial charge on any atom is 0.282 e. The topological polar surface area (TPSA) is 107 Å². The number of rotatable bonds is 8. The predicted octanol–water partition coefficient (Wildman–Crippen LogP) is 3.52. The minimum Gasteiger partial charge on any atom is -0.354 e. The monoisotopic (exact) mass is 531 g/mol. The van der Waals surface area contributed by atoms with Crippen molar-refractivity contribution >= 4 is 23.2 Å². The van der Waals surface area contributed by atoms with Gasteiger partial charge in [-0.3, -0.25) is 14.2 Å². The molecule has 0 bridgehead atoms. The first kappa shape index (κ1) is 25.8. The number of ether oxygens (including phenoxy) is 2. The van der Waals surface area contributed by atoms with Gasteiger partial charge in [0, 0.05) is 36.3 Å². The molecule has 0 radical (unpaired) electrons. The van der Waals surface area contributed by atoms with Gasteiger partial charge in [0.15, 0.2) is 5.82 Å². The summed E-state index contributed by atoms with van der Waals surface area (Å²) in [6.07, 6.45) is 5.21. The van der Waals surface area contributed by atoms with Crippen molar-refractivity contribution in [2.75, 3.05) is 13.7 Å². The fraction of sp³-hybridized carbons (Fsp3) is 0.286. The second kappa shape index (κ2) is 10.9. The summed E-state index contributed by atoms with van der Waals surface area (Å²) >= 11 is 1.54. The molecule has 9 nitrogen and oxygen atoms in total. The number of carbonyl (C=O) groups excluding carboxylic acids is 2. The van der Waals surface area contributed by atoms with Crippen LogP contribution in [0.5, 0.6) is 0 Å². The lowest BCUT2D eigenvalue weighted by atomic mass is 10.00. The van der Waals surface area contributed by atoms with E-state index in [0.29, 0.717) is 17.8 Å². The number of benzene rings is 1. The highest BCUT2D eigenvalue weighted by molar-refractivity contribution is 7.09. The summed E-state index contributed by atoms with van der Waals surface area (Å²) in [5.41, 5.74) is 2.88. The minimum atomic E-state index is -1.67. The second-order valence-electron chi connectivity index (χ2n) is 9.21. The molecule has 1 saturated heterocycles. The average Bonchev–Trinajstić information content (AvgIpc) is 3.70. The van der Waals surface area contributed by atoms with E-state index in [2.05, 4.69) is 20.6 Å². The summed E-state index contributed by atoms with van der Waals surface area (Å²) in [5, 5.41) is 7.64. The van der Waals surface area contributed by atoms with Crippen molar-refractivity contribution in [2.24, 2.45) is 0 Å². The van der Waals surface area contributed by atoms with Crippen molar-refractivity contribution in [3.63, 3.8) is 0 Å². The number of pyridine rings is 1. The number of imidazole rings is 1. The first-order valence-electron chi connectivity index (χ1n) is 12.3. The maximum absolute atomic E-state index is 13.9. The van der Waals surface area contributed by atoms with E-state index in [4.69, 9.17) is 9.47 Å². The summed E-state index contributed by atoms with van der Waals surface area (Å²) in [4.78, 5) is 37.0. The van der Waals surface area contributed by atoms with Crippen LogP contribution in [0.3, 0.4) is 0 Å². The maximum atomic E-state index is 13.9. The van der Waals surface area contributed by atoms with Crippen LogP contribution in [0.1, 0.15) is 27.7 Å². The molecule has 2 N–H and O–H groups in total. The first-order chi connectivity index (χ1) is 18.4. The zero-order valence-corrected chi connectivity index (χ0v) is 22.2. The Morgan fingerprint density at radius 3 is 2.71 bits per heavy atom. The van der Waals surface area contributed by atoms with E-state index in [-0.39, 0.29) is 12.7 Å². The molecule has 0 saturated carbocycles. The number of likely N-dealkylation sites (N-methyl/N-ethyl adjacent to an activating group) is 1. The Hall–Kier alpha value is -3.86. The number of hydrogen-bond donors (Lipinski definition) is 2. The SMILES string of the molecule is CNC(=O)C1(C(Cc2cccs2)NC(=O)c2cc(C)cnc2-n2cnc(-c3ccccc3)c2)OCC(C)O1. The zero-order valence-electron chi connectivity index (χ0n) is 21.4. The second-order valence-corrected chi connectivity index (χ2v) is 10.2. The molecule has 4 heterocycles. The van der Waals surface area contributed by atoms with Crippen molar-refractivity contribution < 1.29 is 19.1 Å². The third-order valence-electron chi connectivity index (χ3n) is 6.35. The van der Waals surface area contributed by atoms with E-state index in [1.54, 1.807) is 23.2 Å². The molecule has 196 valence electrons. The highest BCUT2D eigenvalue weighted by Crippen LogP contribution is 2.31. The summed E-state index contributed by atoms with van der Waals surface area (Å²) in [6, 6.07) is 14.6. The van der Waals surface area contributed by atoms with Crippen LogP contribution >= 0.6 is 11.3 Å². The molecular weight excluding hydrogens is 502 g/mol. The molecule has 1 aromatic carbocycles. The van der Waals surface area contributed by atoms with Crippen molar-refractivity contribution in [3.05, 3.63) is 88.6 Å². The van der Waals surface area contributed by atoms with Gasteiger partial charge in [0.2, 0.25) is 0 Å². The van der Waals surface area contributed by atoms with Crippen LogP contribution < -0.4 is 10.6 Å². The van der Waals surface area contributed by atoms with Crippen LogP contribution in [0.4, 0.5) is 0 Å². The molecule has 0 aliphatic carbocycles. The van der Waals surface area contributed by atoms with Gasteiger partial charge in [-0.05, 0) is 36.9 Å². The first-order valence-corrected chi connectivity index (χ1v) is 13.2. The van der Waals surface area contributed by atoms with Gasteiger partial charge in [-0.15, -0.1) is 11.3 Å². The lowest BCUT2D eigenvalue weighted by Gasteiger charge is -2.34. The summed E-state index contributed by atoms with van der Waals surface area (Å²) in [7, 11) is 1.52. The molecule has 0 spiro atoms. The standard InChI is InChI=1S/C28H29N5O4S/c1-18-12-22(25(30-14-18)33-15-23(31-17-33)20-8-5-4-6-9-20)26(34)32-24(13-21-10-7-11-38-21)28(27(35)29-3)36-16-19(2)37-28/h4-12,14-15,17,19,24H,13,16H2,1-3H3,(H,29,35)(H,32,34).